The maximum absolute atomic E-state index is 13.8. The van der Waals surface area contributed by atoms with Gasteiger partial charge < -0.3 is 9.47 Å². The van der Waals surface area contributed by atoms with Gasteiger partial charge in [0.2, 0.25) is 11.8 Å². The molecule has 8 nitrogen and oxygen atoms in total. The molecule has 0 aliphatic carbocycles. The predicted octanol–water partition coefficient (Wildman–Crippen LogP) is 3.28. The third kappa shape index (κ3) is 3.96. The second kappa shape index (κ2) is 9.35. The van der Waals surface area contributed by atoms with Gasteiger partial charge in [-0.05, 0) is 36.8 Å². The van der Waals surface area contributed by atoms with Crippen LogP contribution >= 0.6 is 23.1 Å². The van der Waals surface area contributed by atoms with Gasteiger partial charge >= 0.3 is 10.8 Å². The number of carbonyl (C=O) groups excluding carboxylic acids is 3. The lowest BCUT2D eigenvalue weighted by atomic mass is 9.83. The molecule has 10 heteroatoms. The summed E-state index contributed by atoms with van der Waals surface area (Å²) in [4.78, 5) is 54.1. The average Bonchev–Trinajstić information content (AvgIpc) is 3.31. The van der Waals surface area contributed by atoms with Crippen LogP contribution in [0.2, 0.25) is 0 Å². The van der Waals surface area contributed by atoms with Crippen molar-refractivity contribution in [3.8, 4) is 5.75 Å². The molecule has 1 saturated heterocycles. The van der Waals surface area contributed by atoms with Crippen LogP contribution in [0.1, 0.15) is 23.3 Å². The number of carbonyl (C=O) groups is 3. The predicted molar refractivity (Wildman–Crippen MR) is 132 cm³/mol. The number of aromatic nitrogens is 1. The number of amides is 2. The molecule has 0 spiro atoms. The average molecular weight is 511 g/mol. The number of thioether (sulfide) groups is 1. The number of hydrogen-bond acceptors (Lipinski definition) is 8. The van der Waals surface area contributed by atoms with E-state index in [4.69, 9.17) is 9.47 Å². The summed E-state index contributed by atoms with van der Waals surface area (Å²) < 4.78 is 11.6. The highest BCUT2D eigenvalue weighted by Crippen LogP contribution is 2.53. The Labute approximate surface area is 209 Å². The molecule has 0 radical (unpaired) electrons. The topological polar surface area (TPSA) is 94.9 Å². The van der Waals surface area contributed by atoms with Gasteiger partial charge in [0.15, 0.2) is 0 Å². The fourth-order valence-corrected chi connectivity index (χ4v) is 7.37. The molecule has 2 amide bonds. The maximum Gasteiger partial charge on any atom is 0.326 e. The Balaban J connectivity index is 1.61. The van der Waals surface area contributed by atoms with Crippen molar-refractivity contribution in [2.75, 3.05) is 18.6 Å². The Morgan fingerprint density at radius 2 is 1.71 bits per heavy atom. The lowest BCUT2D eigenvalue weighted by molar-refractivity contribution is -0.144. The summed E-state index contributed by atoms with van der Waals surface area (Å²) in [6.07, 6.45) is 0. The van der Waals surface area contributed by atoms with Crippen LogP contribution in [0.5, 0.6) is 5.75 Å². The third-order valence-electron chi connectivity index (χ3n) is 6.13. The number of fused-ring (bicyclic) bond motifs is 2. The summed E-state index contributed by atoms with van der Waals surface area (Å²) in [5, 5.41) is -0.189. The summed E-state index contributed by atoms with van der Waals surface area (Å²) in [5.41, 5.74) is 1.31. The molecule has 2 aromatic carbocycles. The molecule has 5 rings (SSSR count). The first-order chi connectivity index (χ1) is 16.9. The zero-order valence-corrected chi connectivity index (χ0v) is 20.6. The fourth-order valence-electron chi connectivity index (χ4n) is 4.60. The number of esters is 1. The molecule has 2 aliphatic heterocycles. The molecule has 2 aliphatic rings. The lowest BCUT2D eigenvalue weighted by Gasteiger charge is -2.30. The van der Waals surface area contributed by atoms with Crippen molar-refractivity contribution < 1.29 is 23.9 Å². The Morgan fingerprint density at radius 1 is 1.00 bits per heavy atom. The van der Waals surface area contributed by atoms with Crippen molar-refractivity contribution in [1.29, 1.82) is 0 Å². The van der Waals surface area contributed by atoms with Crippen molar-refractivity contribution >= 4 is 46.6 Å². The molecule has 3 atom stereocenters. The number of nitrogens with zero attached hydrogens (tertiary/aromatic N) is 2. The van der Waals surface area contributed by atoms with Crippen LogP contribution in [-0.2, 0) is 25.7 Å². The summed E-state index contributed by atoms with van der Waals surface area (Å²) in [6.45, 7) is 1.66. The molecule has 3 unspecified atom stereocenters. The first-order valence-electron chi connectivity index (χ1n) is 11.1. The van der Waals surface area contributed by atoms with E-state index >= 15 is 0 Å². The molecule has 35 heavy (non-hydrogen) atoms. The van der Waals surface area contributed by atoms with Crippen LogP contribution in [-0.4, -0.2) is 41.3 Å². The van der Waals surface area contributed by atoms with E-state index in [1.54, 1.807) is 38.3 Å². The number of ether oxygens (including phenoxy) is 2. The molecule has 0 bridgehead atoms. The van der Waals surface area contributed by atoms with E-state index in [0.29, 0.717) is 21.3 Å². The molecule has 1 aromatic heterocycles. The van der Waals surface area contributed by atoms with Gasteiger partial charge in [-0.1, -0.05) is 53.4 Å². The third-order valence-corrected chi connectivity index (χ3v) is 8.73. The zero-order valence-electron chi connectivity index (χ0n) is 19.0. The van der Waals surface area contributed by atoms with E-state index in [9.17, 15) is 19.2 Å². The first kappa shape index (κ1) is 23.4. The molecule has 0 saturated carbocycles. The lowest BCUT2D eigenvalue weighted by Crippen LogP contribution is -2.32. The monoisotopic (exact) mass is 510 g/mol. The van der Waals surface area contributed by atoms with Crippen LogP contribution in [0.25, 0.3) is 0 Å². The van der Waals surface area contributed by atoms with E-state index in [2.05, 4.69) is 0 Å². The van der Waals surface area contributed by atoms with Gasteiger partial charge in [0.25, 0.3) is 0 Å². The van der Waals surface area contributed by atoms with Gasteiger partial charge in [0.1, 0.15) is 17.5 Å². The van der Waals surface area contributed by atoms with Crippen LogP contribution in [0.15, 0.2) is 64.4 Å². The van der Waals surface area contributed by atoms with Gasteiger partial charge in [-0.3, -0.25) is 23.7 Å². The number of anilines is 1. The van der Waals surface area contributed by atoms with Crippen molar-refractivity contribution in [2.45, 2.75) is 29.7 Å². The quantitative estimate of drug-likeness (QED) is 0.371. The van der Waals surface area contributed by atoms with Crippen molar-refractivity contribution in [2.24, 2.45) is 5.92 Å². The van der Waals surface area contributed by atoms with E-state index in [1.165, 1.54) is 21.2 Å². The minimum atomic E-state index is -0.732. The molecular formula is C25H22N2O6S2. The Hall–Kier alpha value is -3.37. The zero-order chi connectivity index (χ0) is 24.7. The number of hydrogen-bond donors (Lipinski definition) is 0. The summed E-state index contributed by atoms with van der Waals surface area (Å²) in [7, 11) is 1.55. The minimum Gasteiger partial charge on any atom is -0.497 e. The standard InChI is InChI=1S/C25H22N2O6S2/c1-3-33-17(28)13-26-24-21(35-25(26)31)18(14-7-5-4-6-8-14)19-20(34-24)23(30)27(22(19)29)15-9-11-16(32-2)12-10-15/h4-12,18-20H,3,13H2,1-2H3. The second-order valence-electron chi connectivity index (χ2n) is 8.09. The van der Waals surface area contributed by atoms with Gasteiger partial charge in [-0.25, -0.2) is 4.90 Å². The second-order valence-corrected chi connectivity index (χ2v) is 10.2. The number of thiazole rings is 1. The van der Waals surface area contributed by atoms with Crippen molar-refractivity contribution in [1.82, 2.24) is 4.57 Å². The van der Waals surface area contributed by atoms with Gasteiger partial charge in [0.05, 0.1) is 30.3 Å². The molecule has 180 valence electrons. The normalized spacial score (nSPS) is 21.0. The highest BCUT2D eigenvalue weighted by Gasteiger charge is 2.56. The molecular weight excluding hydrogens is 488 g/mol. The fraction of sp³-hybridized carbons (Fsp3) is 0.280. The van der Waals surface area contributed by atoms with Crippen molar-refractivity contribution in [3.63, 3.8) is 0 Å². The summed E-state index contributed by atoms with van der Waals surface area (Å²) in [6, 6.07) is 16.2. The van der Waals surface area contributed by atoms with Crippen LogP contribution in [0, 0.1) is 5.92 Å². The van der Waals surface area contributed by atoms with Gasteiger partial charge in [-0.15, -0.1) is 0 Å². The van der Waals surface area contributed by atoms with E-state index in [0.717, 1.165) is 16.9 Å². The molecule has 1 fully saturated rings. The summed E-state index contributed by atoms with van der Waals surface area (Å²) >= 11 is 2.19. The van der Waals surface area contributed by atoms with E-state index < -0.39 is 23.1 Å². The first-order valence-corrected chi connectivity index (χ1v) is 12.8. The number of imide groups is 1. The minimum absolute atomic E-state index is 0.203. The Bertz CT molecular complexity index is 1350. The van der Waals surface area contributed by atoms with Gasteiger partial charge in [-0.2, -0.15) is 0 Å². The van der Waals surface area contributed by atoms with Gasteiger partial charge in [0, 0.05) is 10.8 Å². The number of methoxy groups -OCH3 is 1. The largest absolute Gasteiger partial charge is 0.497 e. The van der Waals surface area contributed by atoms with Crippen LogP contribution in [0.3, 0.4) is 0 Å². The number of benzene rings is 2. The number of rotatable bonds is 6. The highest BCUT2D eigenvalue weighted by molar-refractivity contribution is 8.00. The molecule has 0 N–H and O–H groups in total. The van der Waals surface area contributed by atoms with Crippen LogP contribution < -0.4 is 14.5 Å². The Morgan fingerprint density at radius 3 is 2.37 bits per heavy atom. The SMILES string of the molecule is CCOC(=O)Cn1c2c(sc1=O)C(c1ccccc1)C1C(=O)N(c3ccc(OC)cc3)C(=O)C1S2. The van der Waals surface area contributed by atoms with E-state index in [-0.39, 0.29) is 29.8 Å². The molecule has 3 aromatic rings. The van der Waals surface area contributed by atoms with Crippen LogP contribution in [0.4, 0.5) is 5.69 Å². The van der Waals surface area contributed by atoms with E-state index in [1.807, 2.05) is 30.3 Å². The summed E-state index contributed by atoms with van der Waals surface area (Å²) in [5.74, 6) is -1.73. The Kier molecular flexibility index (Phi) is 6.24. The smallest absolute Gasteiger partial charge is 0.326 e. The molecule has 3 heterocycles. The van der Waals surface area contributed by atoms with Crippen molar-refractivity contribution in [3.05, 3.63) is 74.7 Å². The maximum atomic E-state index is 13.8. The highest BCUT2D eigenvalue weighted by atomic mass is 32.2.